The number of rotatable bonds is 3. The smallest absolute Gasteiger partial charge is 0.322 e. The molecule has 1 atom stereocenters. The third-order valence-corrected chi connectivity index (χ3v) is 5.68. The van der Waals surface area contributed by atoms with Crippen LogP contribution in [0.15, 0.2) is 41.6 Å². The third kappa shape index (κ3) is 2.75. The van der Waals surface area contributed by atoms with E-state index in [4.69, 9.17) is 6.42 Å². The quantitative estimate of drug-likeness (QED) is 0.822. The molecule has 0 bridgehead atoms. The first-order chi connectivity index (χ1) is 11.4. The number of carbonyl (C=O) groups is 1. The fourth-order valence-corrected chi connectivity index (χ4v) is 4.11. The predicted molar refractivity (Wildman–Crippen MR) is 84.3 cm³/mol. The number of hydrogen-bond acceptors (Lipinski definition) is 5. The van der Waals surface area contributed by atoms with Gasteiger partial charge in [-0.15, -0.1) is 6.42 Å². The Labute approximate surface area is 139 Å². The summed E-state index contributed by atoms with van der Waals surface area (Å²) in [5.41, 5.74) is 1.50. The molecule has 0 amide bonds. The maximum absolute atomic E-state index is 12.9. The molecule has 0 fully saturated rings. The highest BCUT2D eigenvalue weighted by molar-refractivity contribution is 7.89. The van der Waals surface area contributed by atoms with Crippen LogP contribution in [0.3, 0.4) is 0 Å². The van der Waals surface area contributed by atoms with Crippen molar-refractivity contribution >= 4 is 16.0 Å². The van der Waals surface area contributed by atoms with Crippen LogP contribution in [-0.4, -0.2) is 39.8 Å². The number of aromatic nitrogens is 2. The van der Waals surface area contributed by atoms with Gasteiger partial charge in [0, 0.05) is 24.4 Å². The monoisotopic (exact) mass is 343 g/mol. The van der Waals surface area contributed by atoms with E-state index < -0.39 is 22.0 Å². The summed E-state index contributed by atoms with van der Waals surface area (Å²) in [5, 5.41) is 9.45. The van der Waals surface area contributed by atoms with Gasteiger partial charge < -0.3 is 5.11 Å². The number of fused-ring (bicyclic) bond motifs is 1. The molecule has 1 aromatic carbocycles. The maximum Gasteiger partial charge on any atom is 0.322 e. The summed E-state index contributed by atoms with van der Waals surface area (Å²) < 4.78 is 26.7. The van der Waals surface area contributed by atoms with E-state index in [0.29, 0.717) is 17.0 Å². The molecule has 1 aliphatic rings. The molecular weight excluding hydrogens is 330 g/mol. The van der Waals surface area contributed by atoms with Gasteiger partial charge in [0.15, 0.2) is 0 Å². The minimum atomic E-state index is -4.01. The van der Waals surface area contributed by atoms with Gasteiger partial charge in [0.25, 0.3) is 0 Å². The van der Waals surface area contributed by atoms with Gasteiger partial charge in [0.2, 0.25) is 10.0 Å². The normalized spacial score (nSPS) is 17.7. The van der Waals surface area contributed by atoms with Gasteiger partial charge in [0.05, 0.1) is 22.8 Å². The largest absolute Gasteiger partial charge is 0.480 e. The highest BCUT2D eigenvalue weighted by Crippen LogP contribution is 2.27. The van der Waals surface area contributed by atoms with Crippen LogP contribution in [0.25, 0.3) is 0 Å². The summed E-state index contributed by atoms with van der Waals surface area (Å²) in [6.45, 7) is -0.140. The van der Waals surface area contributed by atoms with E-state index >= 15 is 0 Å². The molecule has 0 aliphatic carbocycles. The first-order valence-electron chi connectivity index (χ1n) is 7.03. The van der Waals surface area contributed by atoms with Crippen molar-refractivity contribution in [2.75, 3.05) is 0 Å². The maximum atomic E-state index is 12.9. The van der Waals surface area contributed by atoms with Crippen molar-refractivity contribution in [2.45, 2.75) is 23.9 Å². The Morgan fingerprint density at radius 3 is 2.42 bits per heavy atom. The fourth-order valence-electron chi connectivity index (χ4n) is 2.56. The van der Waals surface area contributed by atoms with E-state index in [1.807, 2.05) is 0 Å². The molecule has 0 radical (unpaired) electrons. The summed E-state index contributed by atoms with van der Waals surface area (Å²) in [6.07, 6.45) is 8.15. The number of aliphatic carboxylic acids is 1. The van der Waals surface area contributed by atoms with Crippen LogP contribution >= 0.6 is 0 Å². The number of carboxylic acid groups (broad SMARTS) is 1. The summed E-state index contributed by atoms with van der Waals surface area (Å²) in [5.74, 6) is 1.18. The Morgan fingerprint density at radius 2 is 1.83 bits per heavy atom. The van der Waals surface area contributed by atoms with Crippen LogP contribution in [0, 0.1) is 12.3 Å². The molecule has 7 nitrogen and oxygen atoms in total. The molecule has 0 saturated carbocycles. The summed E-state index contributed by atoms with van der Waals surface area (Å²) >= 11 is 0. The third-order valence-electron chi connectivity index (χ3n) is 3.81. The zero-order chi connectivity index (χ0) is 17.3. The second-order valence-corrected chi connectivity index (χ2v) is 7.12. The van der Waals surface area contributed by atoms with Crippen LogP contribution in [-0.2, 0) is 27.8 Å². The van der Waals surface area contributed by atoms with Crippen LogP contribution in [0.2, 0.25) is 0 Å². The van der Waals surface area contributed by atoms with E-state index in [9.17, 15) is 18.3 Å². The van der Waals surface area contributed by atoms with Gasteiger partial charge in [-0.1, -0.05) is 5.92 Å². The minimum Gasteiger partial charge on any atom is -0.480 e. The van der Waals surface area contributed by atoms with Gasteiger partial charge in [-0.25, -0.2) is 8.42 Å². The van der Waals surface area contributed by atoms with Crippen molar-refractivity contribution in [1.82, 2.24) is 14.3 Å². The summed E-state index contributed by atoms with van der Waals surface area (Å²) in [7, 11) is -4.01. The predicted octanol–water partition coefficient (Wildman–Crippen LogP) is 0.658. The molecule has 0 spiro atoms. The number of sulfonamides is 1. The van der Waals surface area contributed by atoms with Gasteiger partial charge in [0.1, 0.15) is 6.04 Å². The molecule has 122 valence electrons. The zero-order valence-corrected chi connectivity index (χ0v) is 13.3. The Hall–Kier alpha value is -2.76. The Balaban J connectivity index is 2.04. The lowest BCUT2D eigenvalue weighted by Crippen LogP contribution is -2.49. The molecule has 1 N–H and O–H groups in total. The van der Waals surface area contributed by atoms with Gasteiger partial charge in [-0.05, 0) is 24.3 Å². The number of carboxylic acids is 1. The number of nitrogens with zero attached hydrogens (tertiary/aromatic N) is 3. The van der Waals surface area contributed by atoms with E-state index in [1.54, 1.807) is 0 Å². The molecular formula is C16H13N3O4S. The van der Waals surface area contributed by atoms with E-state index in [0.717, 1.165) is 4.31 Å². The Morgan fingerprint density at radius 1 is 1.21 bits per heavy atom. The summed E-state index contributed by atoms with van der Waals surface area (Å²) in [4.78, 5) is 19.8. The standard InChI is InChI=1S/C16H13N3O4S/c1-2-11-3-5-12(6-4-11)24(22,23)19-10-14-13(17-7-8-18-14)9-15(19)16(20)21/h1,3-8,15H,9-10H2,(H,20,21). The van der Waals surface area contributed by atoms with Gasteiger partial charge in [-0.2, -0.15) is 4.31 Å². The van der Waals surface area contributed by atoms with Crippen molar-refractivity contribution in [3.63, 3.8) is 0 Å². The lowest BCUT2D eigenvalue weighted by atomic mass is 10.1. The van der Waals surface area contributed by atoms with Gasteiger partial charge in [-0.3, -0.25) is 14.8 Å². The SMILES string of the molecule is C#Cc1ccc(S(=O)(=O)N2Cc3nccnc3CC2C(=O)O)cc1. The molecule has 8 heteroatoms. The highest BCUT2D eigenvalue weighted by atomic mass is 32.2. The molecule has 24 heavy (non-hydrogen) atoms. The van der Waals surface area contributed by atoms with Gasteiger partial charge >= 0.3 is 5.97 Å². The second kappa shape index (κ2) is 6.03. The second-order valence-electron chi connectivity index (χ2n) is 5.23. The van der Waals surface area contributed by atoms with Crippen LogP contribution < -0.4 is 0 Å². The average molecular weight is 343 g/mol. The Bertz CT molecular complexity index is 933. The van der Waals surface area contributed by atoms with Crippen molar-refractivity contribution in [2.24, 2.45) is 0 Å². The molecule has 3 rings (SSSR count). The van der Waals surface area contributed by atoms with E-state index in [1.165, 1.54) is 36.7 Å². The van der Waals surface area contributed by atoms with Crippen molar-refractivity contribution in [1.29, 1.82) is 0 Å². The number of terminal acetylenes is 1. The Kier molecular flexibility index (Phi) is 4.05. The molecule has 1 aromatic heterocycles. The molecule has 2 aromatic rings. The van der Waals surface area contributed by atoms with Crippen molar-refractivity contribution < 1.29 is 18.3 Å². The lowest BCUT2D eigenvalue weighted by Gasteiger charge is -2.32. The molecule has 1 unspecified atom stereocenters. The number of hydrogen-bond donors (Lipinski definition) is 1. The minimum absolute atomic E-state index is 0.0138. The average Bonchev–Trinajstić information content (AvgIpc) is 2.60. The number of benzene rings is 1. The first-order valence-corrected chi connectivity index (χ1v) is 8.47. The van der Waals surface area contributed by atoms with Crippen LogP contribution in [0.5, 0.6) is 0 Å². The highest BCUT2D eigenvalue weighted by Gasteiger charge is 2.40. The van der Waals surface area contributed by atoms with Crippen molar-refractivity contribution in [3.8, 4) is 12.3 Å². The first kappa shape index (κ1) is 16.1. The van der Waals surface area contributed by atoms with E-state index in [2.05, 4.69) is 15.9 Å². The molecule has 0 saturated heterocycles. The van der Waals surface area contributed by atoms with E-state index in [-0.39, 0.29) is 17.9 Å². The van der Waals surface area contributed by atoms with Crippen LogP contribution in [0.1, 0.15) is 17.0 Å². The van der Waals surface area contributed by atoms with Crippen LogP contribution in [0.4, 0.5) is 0 Å². The summed E-state index contributed by atoms with van der Waals surface area (Å²) in [6, 6.07) is 4.51. The molecule has 1 aliphatic heterocycles. The van der Waals surface area contributed by atoms with Crippen molar-refractivity contribution in [3.05, 3.63) is 53.6 Å². The topological polar surface area (TPSA) is 100 Å². The fraction of sp³-hybridized carbons (Fsp3) is 0.188. The zero-order valence-electron chi connectivity index (χ0n) is 12.5. The molecule has 2 heterocycles. The lowest BCUT2D eigenvalue weighted by molar-refractivity contribution is -0.141.